The molecule has 0 radical (unpaired) electrons. The smallest absolute Gasteiger partial charge is 0.138 e. The van der Waals surface area contributed by atoms with Crippen molar-refractivity contribution in [1.82, 2.24) is 5.32 Å². The average molecular weight is 359 g/mol. The molecule has 0 aliphatic heterocycles. The molecule has 2 aromatic rings. The second kappa shape index (κ2) is 10.7. The maximum atomic E-state index is 9.97. The first kappa shape index (κ1) is 19.3. The summed E-state index contributed by atoms with van der Waals surface area (Å²) < 4.78 is 5.51. The van der Waals surface area contributed by atoms with Crippen LogP contribution in [0.5, 0.6) is 5.75 Å². The van der Waals surface area contributed by atoms with E-state index in [0.29, 0.717) is 22.9 Å². The van der Waals surface area contributed by atoms with Gasteiger partial charge in [-0.15, -0.1) is 0 Å². The Balaban J connectivity index is 1.59. The third-order valence-electron chi connectivity index (χ3n) is 3.81. The van der Waals surface area contributed by atoms with Crippen molar-refractivity contribution in [1.29, 1.82) is 5.26 Å². The summed E-state index contributed by atoms with van der Waals surface area (Å²) in [5.74, 6) is 0.400. The molecule has 0 bridgehead atoms. The largest absolute Gasteiger partial charge is 0.489 e. The summed E-state index contributed by atoms with van der Waals surface area (Å²) >= 11 is 5.94. The third-order valence-corrected chi connectivity index (χ3v) is 4.13. The van der Waals surface area contributed by atoms with E-state index >= 15 is 0 Å². The number of aliphatic hydroxyl groups is 1. The second-order valence-corrected chi connectivity index (χ2v) is 6.24. The zero-order chi connectivity index (χ0) is 17.9. The van der Waals surface area contributed by atoms with Crippen LogP contribution in [0.25, 0.3) is 0 Å². The average Bonchev–Trinajstić information content (AvgIpc) is 2.63. The lowest BCUT2D eigenvalue weighted by Gasteiger charge is -2.14. The highest BCUT2D eigenvalue weighted by Gasteiger charge is 2.10. The van der Waals surface area contributed by atoms with Crippen LogP contribution in [0.3, 0.4) is 0 Å². The molecule has 4 nitrogen and oxygen atoms in total. The number of aliphatic hydroxyl groups excluding tert-OH is 1. The van der Waals surface area contributed by atoms with Gasteiger partial charge in [-0.25, -0.2) is 0 Å². The molecule has 2 rings (SSSR count). The number of benzene rings is 2. The van der Waals surface area contributed by atoms with Crippen molar-refractivity contribution in [2.45, 2.75) is 25.4 Å². The molecule has 2 N–H and O–H groups in total. The highest BCUT2D eigenvalue weighted by atomic mass is 35.5. The zero-order valence-corrected chi connectivity index (χ0v) is 14.9. The first-order valence-electron chi connectivity index (χ1n) is 8.45. The van der Waals surface area contributed by atoms with Crippen molar-refractivity contribution in [2.75, 3.05) is 19.7 Å². The van der Waals surface area contributed by atoms with Crippen LogP contribution in [-0.4, -0.2) is 30.9 Å². The minimum Gasteiger partial charge on any atom is -0.489 e. The number of nitrogens with zero attached hydrogens (tertiary/aromatic N) is 1. The molecule has 0 aromatic heterocycles. The molecule has 0 saturated heterocycles. The van der Waals surface area contributed by atoms with Gasteiger partial charge >= 0.3 is 0 Å². The van der Waals surface area contributed by atoms with Crippen LogP contribution >= 0.6 is 11.6 Å². The van der Waals surface area contributed by atoms with E-state index in [1.54, 1.807) is 18.2 Å². The SMILES string of the molecule is N#Cc1c(Cl)cccc1OC[C@H](O)CNCCCCc1ccccc1. The van der Waals surface area contributed by atoms with Crippen molar-refractivity contribution in [2.24, 2.45) is 0 Å². The Morgan fingerprint density at radius 1 is 1.12 bits per heavy atom. The van der Waals surface area contributed by atoms with Crippen molar-refractivity contribution in [3.8, 4) is 11.8 Å². The Bertz CT molecular complexity index is 686. The predicted molar refractivity (Wildman–Crippen MR) is 99.9 cm³/mol. The second-order valence-electron chi connectivity index (χ2n) is 5.84. The Labute approximate surface area is 154 Å². The minimum absolute atomic E-state index is 0.117. The molecule has 0 fully saturated rings. The molecule has 0 saturated carbocycles. The van der Waals surface area contributed by atoms with E-state index < -0.39 is 6.10 Å². The summed E-state index contributed by atoms with van der Waals surface area (Å²) in [4.78, 5) is 0. The maximum Gasteiger partial charge on any atom is 0.138 e. The number of aryl methyl sites for hydroxylation is 1. The number of nitriles is 1. The maximum absolute atomic E-state index is 9.97. The van der Waals surface area contributed by atoms with Gasteiger partial charge in [0.15, 0.2) is 0 Å². The highest BCUT2D eigenvalue weighted by molar-refractivity contribution is 6.31. The lowest BCUT2D eigenvalue weighted by molar-refractivity contribution is 0.106. The molecule has 132 valence electrons. The molecule has 0 heterocycles. The van der Waals surface area contributed by atoms with Crippen LogP contribution in [0.1, 0.15) is 24.0 Å². The van der Waals surface area contributed by atoms with Gasteiger partial charge in [-0.3, -0.25) is 0 Å². The van der Waals surface area contributed by atoms with Gasteiger partial charge in [0.2, 0.25) is 0 Å². The van der Waals surface area contributed by atoms with Gasteiger partial charge in [-0.05, 0) is 43.5 Å². The normalized spacial score (nSPS) is 11.7. The number of halogens is 1. The van der Waals surface area contributed by atoms with E-state index in [4.69, 9.17) is 21.6 Å². The molecule has 0 aliphatic rings. The summed E-state index contributed by atoms with van der Waals surface area (Å²) in [6.07, 6.45) is 2.59. The fourth-order valence-electron chi connectivity index (χ4n) is 2.47. The number of unbranched alkanes of at least 4 members (excludes halogenated alkanes) is 1. The van der Waals surface area contributed by atoms with E-state index in [9.17, 15) is 5.11 Å². The number of hydrogen-bond acceptors (Lipinski definition) is 4. The molecule has 2 aromatic carbocycles. The van der Waals surface area contributed by atoms with Crippen LogP contribution in [0.4, 0.5) is 0 Å². The molecule has 1 atom stereocenters. The van der Waals surface area contributed by atoms with Gasteiger partial charge in [-0.1, -0.05) is 48.0 Å². The predicted octanol–water partition coefficient (Wildman–Crippen LogP) is 3.56. The number of ether oxygens (including phenoxy) is 1. The minimum atomic E-state index is -0.639. The van der Waals surface area contributed by atoms with E-state index in [0.717, 1.165) is 25.8 Å². The van der Waals surface area contributed by atoms with Crippen LogP contribution < -0.4 is 10.1 Å². The van der Waals surface area contributed by atoms with Gasteiger partial charge in [-0.2, -0.15) is 5.26 Å². The van der Waals surface area contributed by atoms with Gasteiger partial charge in [0.1, 0.15) is 30.1 Å². The Morgan fingerprint density at radius 2 is 1.92 bits per heavy atom. The van der Waals surface area contributed by atoms with Gasteiger partial charge in [0, 0.05) is 6.54 Å². The first-order valence-corrected chi connectivity index (χ1v) is 8.82. The van der Waals surface area contributed by atoms with Gasteiger partial charge in [0.05, 0.1) is 5.02 Å². The molecule has 25 heavy (non-hydrogen) atoms. The molecule has 0 amide bonds. The summed E-state index contributed by atoms with van der Waals surface area (Å²) in [5.41, 5.74) is 1.65. The van der Waals surface area contributed by atoms with E-state index in [2.05, 4.69) is 29.6 Å². The van der Waals surface area contributed by atoms with Crippen LogP contribution in [0, 0.1) is 11.3 Å². The number of hydrogen-bond donors (Lipinski definition) is 2. The zero-order valence-electron chi connectivity index (χ0n) is 14.1. The third kappa shape index (κ3) is 6.75. The molecule has 5 heteroatoms. The molecule has 0 aliphatic carbocycles. The van der Waals surface area contributed by atoms with Crippen molar-refractivity contribution in [3.05, 3.63) is 64.7 Å². The van der Waals surface area contributed by atoms with E-state index in [1.807, 2.05) is 12.1 Å². The number of rotatable bonds is 10. The van der Waals surface area contributed by atoms with Crippen molar-refractivity contribution < 1.29 is 9.84 Å². The fraction of sp³-hybridized carbons (Fsp3) is 0.350. The first-order chi connectivity index (χ1) is 12.2. The lowest BCUT2D eigenvalue weighted by atomic mass is 10.1. The Hall–Kier alpha value is -2.06. The summed E-state index contributed by atoms with van der Waals surface area (Å²) in [5, 5.41) is 22.6. The molecule has 0 spiro atoms. The summed E-state index contributed by atoms with van der Waals surface area (Å²) in [6.45, 7) is 1.42. The van der Waals surface area contributed by atoms with E-state index in [1.165, 1.54) is 5.56 Å². The quantitative estimate of drug-likeness (QED) is 0.637. The molecule has 0 unspecified atom stereocenters. The topological polar surface area (TPSA) is 65.3 Å². The summed E-state index contributed by atoms with van der Waals surface area (Å²) in [6, 6.07) is 17.5. The van der Waals surface area contributed by atoms with E-state index in [-0.39, 0.29) is 6.61 Å². The number of nitrogens with one attached hydrogen (secondary N) is 1. The van der Waals surface area contributed by atoms with Crippen LogP contribution in [0.15, 0.2) is 48.5 Å². The Kier molecular flexibility index (Phi) is 8.27. The summed E-state index contributed by atoms with van der Waals surface area (Å²) in [7, 11) is 0. The van der Waals surface area contributed by atoms with Crippen molar-refractivity contribution >= 4 is 11.6 Å². The molecular formula is C20H23ClN2O2. The van der Waals surface area contributed by atoms with Crippen molar-refractivity contribution in [3.63, 3.8) is 0 Å². The molecular weight excluding hydrogens is 336 g/mol. The van der Waals surface area contributed by atoms with Gasteiger partial charge in [0.25, 0.3) is 0 Å². The lowest BCUT2D eigenvalue weighted by Crippen LogP contribution is -2.32. The highest BCUT2D eigenvalue weighted by Crippen LogP contribution is 2.25. The fourth-order valence-corrected chi connectivity index (χ4v) is 2.68. The van der Waals surface area contributed by atoms with Crippen LogP contribution in [-0.2, 0) is 6.42 Å². The van der Waals surface area contributed by atoms with Gasteiger partial charge < -0.3 is 15.2 Å². The standard InChI is InChI=1S/C20H23ClN2O2/c21-19-10-6-11-20(18(19)13-22)25-15-17(24)14-23-12-5-4-9-16-7-2-1-3-8-16/h1-3,6-8,10-11,17,23-24H,4-5,9,12,14-15H2/t17-/m1/s1. The monoisotopic (exact) mass is 358 g/mol. The Morgan fingerprint density at radius 3 is 2.68 bits per heavy atom. The van der Waals surface area contributed by atoms with Crippen LogP contribution in [0.2, 0.25) is 5.02 Å².